The van der Waals surface area contributed by atoms with E-state index in [-0.39, 0.29) is 178 Å². The molecule has 0 saturated carbocycles. The van der Waals surface area contributed by atoms with Crippen molar-refractivity contribution >= 4 is 166 Å². The number of alkyl carbamates (subject to hydrolysis) is 2. The number of carboxylic acids is 1. The molecule has 36 heteroatoms. The number of ketones is 2. The van der Waals surface area contributed by atoms with Gasteiger partial charge in [-0.3, -0.25) is 9.59 Å². The first kappa shape index (κ1) is 123. The fourth-order valence-corrected chi connectivity index (χ4v) is 16.3. The maximum Gasteiger partial charge on any atom is 1.00 e. The van der Waals surface area contributed by atoms with Crippen LogP contribution in [0.2, 0.25) is 0 Å². The number of halogens is 3. The molecule has 7 N–H and O–H groups in total. The van der Waals surface area contributed by atoms with Crippen LogP contribution in [0.1, 0.15) is 219 Å². The monoisotopic (exact) mass is 2260 g/mol. The largest absolute Gasteiger partial charge is 1.00 e. The third kappa shape index (κ3) is 49.5. The summed E-state index contributed by atoms with van der Waals surface area (Å²) in [5, 5.41) is 47.6. The number of rotatable bonds is 44. The van der Waals surface area contributed by atoms with Crippen LogP contribution in [0.5, 0.6) is 0 Å². The number of hydrogen-bond acceptors (Lipinski definition) is 23. The van der Waals surface area contributed by atoms with Gasteiger partial charge in [0.2, 0.25) is 0 Å². The van der Waals surface area contributed by atoms with Crippen molar-refractivity contribution in [1.29, 1.82) is 0 Å². The summed E-state index contributed by atoms with van der Waals surface area (Å²) < 4.78 is 22.5. The van der Waals surface area contributed by atoms with Crippen molar-refractivity contribution in [2.24, 2.45) is 11.8 Å². The molecule has 0 unspecified atom stereocenters. The minimum Gasteiger partial charge on any atom is -0.480 e. The van der Waals surface area contributed by atoms with Crippen molar-refractivity contribution in [2.75, 3.05) is 41.0 Å². The van der Waals surface area contributed by atoms with E-state index in [1.54, 1.807) is 72.4 Å². The van der Waals surface area contributed by atoms with Gasteiger partial charge in [-0.1, -0.05) is 178 Å². The number of amides is 8. The zero-order chi connectivity index (χ0) is 92.3. The van der Waals surface area contributed by atoms with Crippen molar-refractivity contribution in [1.82, 2.24) is 66.2 Å². The average molecular weight is 2270 g/mol. The Labute approximate surface area is 880 Å². The number of nitrogens with one attached hydrogen (secondary N) is 5. The molecule has 0 fully saturated rings. The molecule has 4 aromatic carbocycles. The molecule has 0 aliphatic heterocycles. The number of aliphatic carboxylic acids is 1. The van der Waals surface area contributed by atoms with Gasteiger partial charge in [0, 0.05) is 140 Å². The van der Waals surface area contributed by atoms with E-state index >= 15 is 0 Å². The SMILES string of the molecule is C.C.CC(C)c1nc(CN(C)C(=O)N[C@@H](CO)C(=O)C[C@H](CC[C@H](Cc2ccccc2)NC(=O)OCc2nccs2)Cc2ccccc2)cs1.CC(C)c1nc(CN(C)C(=O)N[C@@H](COC(C)(C)C)C(=O)C[C@H](CC[C@H](Cc2ccccc2)NC(=O)OCc2nccs2)Cc2ccccc2)cs1.CC(C)c1nc(CN(C)C(=O)N[C@@H](COC(C)(C)C)C(=O)O)cs1.I.II.[CH3-].[K+]. The van der Waals surface area contributed by atoms with Crippen LogP contribution in [-0.2, 0) is 91.9 Å². The second-order valence-electron chi connectivity index (χ2n) is 33.6. The van der Waals surface area contributed by atoms with Crippen molar-refractivity contribution in [3.8, 4) is 0 Å². The number of nitrogens with zero attached hydrogens (tertiary/aromatic N) is 8. The number of aliphatic hydroxyl groups excluding tert-OH is 1. The molecule has 0 saturated heterocycles. The van der Waals surface area contributed by atoms with Crippen molar-refractivity contribution < 1.29 is 119 Å². The summed E-state index contributed by atoms with van der Waals surface area (Å²) in [5.74, 6) is -0.673. The van der Waals surface area contributed by atoms with Gasteiger partial charge in [-0.2, -0.15) is 0 Å². The van der Waals surface area contributed by atoms with Crippen LogP contribution in [0.3, 0.4) is 0 Å². The first-order valence-corrected chi connectivity index (χ1v) is 52.7. The third-order valence-electron chi connectivity index (χ3n) is 19.4. The molecule has 0 spiro atoms. The van der Waals surface area contributed by atoms with Crippen LogP contribution in [0.15, 0.2) is 161 Å². The molecule has 0 aliphatic rings. The topological polar surface area (TPSA) is 348 Å². The summed E-state index contributed by atoms with van der Waals surface area (Å²) in [6.07, 6.45) is 7.72. The molecule has 0 aliphatic carbocycles. The zero-order valence-electron chi connectivity index (χ0n) is 77.2. The Kier molecular flexibility index (Phi) is 61.5. The van der Waals surface area contributed by atoms with Gasteiger partial charge < -0.3 is 77.9 Å². The van der Waals surface area contributed by atoms with Crippen molar-refractivity contribution in [3.05, 3.63) is 232 Å². The number of aliphatic hydroxyl groups is 1. The Morgan fingerprint density at radius 3 is 1.02 bits per heavy atom. The van der Waals surface area contributed by atoms with Gasteiger partial charge >= 0.3 is 87.6 Å². The number of thiazole rings is 5. The molecule has 9 rings (SSSR count). The molecular formula is C95H137I3KN13O14S5. The molecule has 27 nitrogen and oxygen atoms in total. The Balaban J connectivity index is 0.00000101. The van der Waals surface area contributed by atoms with Crippen LogP contribution in [-0.4, -0.2) is 180 Å². The number of carbonyl (C=O) groups is 8. The summed E-state index contributed by atoms with van der Waals surface area (Å²) in [5.41, 5.74) is 5.77. The molecule has 5 heterocycles. The molecule has 131 heavy (non-hydrogen) atoms. The second-order valence-corrected chi connectivity index (χ2v) is 38.2. The van der Waals surface area contributed by atoms with Crippen LogP contribution in [0.4, 0.5) is 24.0 Å². The van der Waals surface area contributed by atoms with Gasteiger partial charge in [-0.05, 0) is 127 Å². The standard InChI is InChI=1S/C40H53N5O5S2.C36H45N5O5S2.C16H27N3O4S.2CH4.CH3.I2.HI.K/c1-28(2)37-42-33(27-52-37)24-45(6)38(47)44-34(25-50-40(3,4)5)35(46)23-31(21-29-13-9-7-10-14-29)17-18-32(22-30-15-11-8-12-16-30)43-39(48)49-26-36-41-19-20-51-36;1-25(2)34-38-30(24-48-34)21-41(3)35(44)40-31(22-42)32(43)20-28(18-26-10-6-4-7-11-26)14-15-29(19-27-12-8-5-9-13-27)39-36(45)46-23-33-37-16-17-47-33;1-10(2)13-17-11(9-24-13)7-19(6)15(22)18-12(14(20)21)8-23-16(3,4)5;;;;1-2;;/h7-16,19-20,27-28,31-32,34H,17-18,21-26H2,1-6H3,(H,43,48)(H,44,47);4-13,16-17,24-25,28-29,31,42H,14-15,18-23H2,1-3H3,(H,39,45)(H,40,44);9-10,12H,7-8H2,1-6H3,(H,18,22)(H,20,21);2*1H4;1H3;;1H;/q;;;;;-1;;;+1/t31-,32-,34+;28-,29-,31+;12-;;;;;;/m110....../s1. The van der Waals surface area contributed by atoms with Crippen LogP contribution >= 0.6 is 118 Å². The summed E-state index contributed by atoms with van der Waals surface area (Å²) in [6.45, 7) is 24.3. The van der Waals surface area contributed by atoms with E-state index in [2.05, 4.69) is 142 Å². The summed E-state index contributed by atoms with van der Waals surface area (Å²) >= 11 is 11.8. The average Bonchev–Trinajstić information content (AvgIpc) is 1.85. The quantitative estimate of drug-likeness (QED) is 0.0106. The van der Waals surface area contributed by atoms with Crippen LogP contribution in [0.25, 0.3) is 0 Å². The zero-order valence-corrected chi connectivity index (χ0v) is 91.0. The smallest absolute Gasteiger partial charge is 0.480 e. The van der Waals surface area contributed by atoms with Gasteiger partial charge in [0.25, 0.3) is 0 Å². The van der Waals surface area contributed by atoms with Crippen LogP contribution in [0, 0.1) is 19.3 Å². The van der Waals surface area contributed by atoms with Crippen molar-refractivity contribution in [3.63, 3.8) is 0 Å². The molecule has 8 amide bonds. The fraction of sp³-hybridized carbons (Fsp3) is 0.495. The van der Waals surface area contributed by atoms with E-state index in [9.17, 15) is 48.6 Å². The van der Waals surface area contributed by atoms with Gasteiger partial charge in [-0.25, -0.2) is 53.7 Å². The van der Waals surface area contributed by atoms with E-state index in [1.807, 2.05) is 178 Å². The predicted molar refractivity (Wildman–Crippen MR) is 553 cm³/mol. The number of carboxylic acid groups (broad SMARTS) is 1. The van der Waals surface area contributed by atoms with Crippen LogP contribution < -0.4 is 78.0 Å². The van der Waals surface area contributed by atoms with Gasteiger partial charge in [0.1, 0.15) is 35.3 Å². The van der Waals surface area contributed by atoms with E-state index < -0.39 is 66.2 Å². The summed E-state index contributed by atoms with van der Waals surface area (Å²) in [4.78, 5) is 130. The molecule has 0 bridgehead atoms. The maximum absolute atomic E-state index is 14.1. The molecule has 718 valence electrons. The molecule has 0 radical (unpaired) electrons. The molecule has 5 aromatic heterocycles. The van der Waals surface area contributed by atoms with E-state index in [1.165, 1.54) is 32.5 Å². The Bertz CT molecular complexity index is 4670. The number of ether oxygens (including phenoxy) is 4. The van der Waals surface area contributed by atoms with Crippen molar-refractivity contribution in [2.45, 2.75) is 254 Å². The van der Waals surface area contributed by atoms with E-state index in [0.717, 1.165) is 59.4 Å². The first-order valence-electron chi connectivity index (χ1n) is 42.0. The first-order chi connectivity index (χ1) is 60.0. The number of urea groups is 3. The Hall–Kier alpha value is -6.10. The summed E-state index contributed by atoms with van der Waals surface area (Å²) in [7, 11) is 4.95. The number of hydrogen-bond donors (Lipinski definition) is 7. The van der Waals surface area contributed by atoms with Gasteiger partial charge in [0.15, 0.2) is 17.6 Å². The number of carbonyl (C=O) groups excluding carboxylic acids is 7. The molecule has 9 aromatic rings. The van der Waals surface area contributed by atoms with E-state index in [4.69, 9.17) is 18.9 Å². The molecular weight excluding hydrogens is 2130 g/mol. The fourth-order valence-electron chi connectivity index (χ4n) is 12.7. The minimum absolute atomic E-state index is 0. The maximum atomic E-state index is 14.1. The number of aromatic nitrogens is 5. The van der Waals surface area contributed by atoms with Gasteiger partial charge in [-0.15, -0.1) is 80.7 Å². The van der Waals surface area contributed by atoms with Gasteiger partial charge in [0.05, 0.1) is 82.8 Å². The number of benzene rings is 4. The minimum atomic E-state index is -1.13. The normalized spacial score (nSPS) is 12.5. The van der Waals surface area contributed by atoms with E-state index in [0.29, 0.717) is 93.8 Å². The summed E-state index contributed by atoms with van der Waals surface area (Å²) in [6, 6.07) is 35.2. The predicted octanol–water partition coefficient (Wildman–Crippen LogP) is 18.3. The molecule has 7 atom stereocenters. The third-order valence-corrected chi connectivity index (χ3v) is 24.5. The Morgan fingerprint density at radius 1 is 0.443 bits per heavy atom. The number of Topliss-reactive ketones (excluding diaryl/α,β-unsaturated/α-hetero) is 2. The second kappa shape index (κ2) is 65.6. The Morgan fingerprint density at radius 2 is 0.740 bits per heavy atom.